The molecule has 4 saturated carbocycles. The molecular formula is C25H33NO4. The maximum Gasteiger partial charge on any atom is 0.307 e. The van der Waals surface area contributed by atoms with E-state index in [0.29, 0.717) is 17.8 Å². The molecule has 1 aromatic rings. The summed E-state index contributed by atoms with van der Waals surface area (Å²) < 4.78 is 0. The summed E-state index contributed by atoms with van der Waals surface area (Å²) in [6, 6.07) is 6.17. The minimum Gasteiger partial charge on any atom is -0.481 e. The first-order chi connectivity index (χ1) is 14.1. The van der Waals surface area contributed by atoms with Gasteiger partial charge in [0, 0.05) is 6.04 Å². The van der Waals surface area contributed by atoms with Crippen LogP contribution < -0.4 is 5.32 Å². The molecule has 30 heavy (non-hydrogen) atoms. The number of aryl methyl sites for hydroxylation is 1. The molecular weight excluding hydrogens is 378 g/mol. The van der Waals surface area contributed by atoms with Gasteiger partial charge < -0.3 is 15.5 Å². The van der Waals surface area contributed by atoms with E-state index in [2.05, 4.69) is 5.32 Å². The lowest BCUT2D eigenvalue weighted by molar-refractivity contribution is -0.148. The van der Waals surface area contributed by atoms with Crippen LogP contribution in [-0.2, 0) is 15.0 Å². The third-order valence-electron chi connectivity index (χ3n) is 7.53. The molecule has 0 spiro atoms. The van der Waals surface area contributed by atoms with Gasteiger partial charge in [-0.05, 0) is 81.8 Å². The second kappa shape index (κ2) is 7.52. The van der Waals surface area contributed by atoms with Gasteiger partial charge in [-0.2, -0.15) is 0 Å². The van der Waals surface area contributed by atoms with Crippen LogP contribution in [0.15, 0.2) is 24.3 Å². The number of amides is 1. The summed E-state index contributed by atoms with van der Waals surface area (Å²) in [7, 11) is 0. The average molecular weight is 412 g/mol. The van der Waals surface area contributed by atoms with Crippen LogP contribution >= 0.6 is 0 Å². The summed E-state index contributed by atoms with van der Waals surface area (Å²) in [5, 5.41) is 23.0. The van der Waals surface area contributed by atoms with Crippen molar-refractivity contribution >= 4 is 18.0 Å². The van der Waals surface area contributed by atoms with Gasteiger partial charge in [0.15, 0.2) is 0 Å². The lowest BCUT2D eigenvalue weighted by atomic mass is 9.52. The predicted molar refractivity (Wildman–Crippen MR) is 116 cm³/mol. The number of carboxylic acids is 1. The molecule has 3 N–H and O–H groups in total. The van der Waals surface area contributed by atoms with E-state index < -0.39 is 17.0 Å². The number of aliphatic carboxylic acids is 1. The van der Waals surface area contributed by atoms with E-state index in [1.54, 1.807) is 12.2 Å². The second-order valence-electron chi connectivity index (χ2n) is 10.5. The van der Waals surface area contributed by atoms with Crippen LogP contribution in [0.2, 0.25) is 0 Å². The van der Waals surface area contributed by atoms with Crippen LogP contribution in [0.5, 0.6) is 0 Å². The fraction of sp³-hybridized carbons (Fsp3) is 0.600. The monoisotopic (exact) mass is 411 g/mol. The Labute approximate surface area is 178 Å². The Kier molecular flexibility index (Phi) is 5.29. The zero-order chi connectivity index (χ0) is 21.7. The summed E-state index contributed by atoms with van der Waals surface area (Å²) in [5.41, 5.74) is 1.68. The van der Waals surface area contributed by atoms with E-state index >= 15 is 0 Å². The average Bonchev–Trinajstić information content (AvgIpc) is 2.62. The highest BCUT2D eigenvalue weighted by molar-refractivity contribution is 5.88. The minimum absolute atomic E-state index is 0.0229. The van der Waals surface area contributed by atoms with Gasteiger partial charge in [-0.25, -0.2) is 0 Å². The van der Waals surface area contributed by atoms with Gasteiger partial charge in [-0.1, -0.05) is 35.9 Å². The van der Waals surface area contributed by atoms with Gasteiger partial charge >= 0.3 is 5.97 Å². The quantitative estimate of drug-likeness (QED) is 0.664. The van der Waals surface area contributed by atoms with Crippen molar-refractivity contribution in [2.75, 3.05) is 0 Å². The van der Waals surface area contributed by atoms with E-state index in [1.807, 2.05) is 39.0 Å². The number of hydrogen-bond donors (Lipinski definition) is 3. The van der Waals surface area contributed by atoms with E-state index in [-0.39, 0.29) is 18.4 Å². The van der Waals surface area contributed by atoms with Gasteiger partial charge in [0.2, 0.25) is 5.91 Å². The molecule has 4 aliphatic rings. The van der Waals surface area contributed by atoms with Gasteiger partial charge in [0.1, 0.15) is 0 Å². The van der Waals surface area contributed by atoms with Crippen molar-refractivity contribution in [3.63, 3.8) is 0 Å². The molecule has 4 aliphatic carbocycles. The van der Waals surface area contributed by atoms with Gasteiger partial charge in [0.05, 0.1) is 17.4 Å². The SMILES string of the molecule is Cc1cc(C=CCC(=O)O)cc(C(C)(C)C(=O)NC2[C@@H]3CC4C[C@H]2CC(O)(C4)C3)c1. The lowest BCUT2D eigenvalue weighted by Crippen LogP contribution is -2.62. The zero-order valence-corrected chi connectivity index (χ0v) is 18.1. The number of carbonyl (C=O) groups excluding carboxylic acids is 1. The number of benzene rings is 1. The van der Waals surface area contributed by atoms with Crippen molar-refractivity contribution in [1.29, 1.82) is 0 Å². The number of carboxylic acid groups (broad SMARTS) is 1. The Morgan fingerprint density at radius 2 is 1.83 bits per heavy atom. The van der Waals surface area contributed by atoms with Crippen molar-refractivity contribution in [3.05, 3.63) is 41.0 Å². The second-order valence-corrected chi connectivity index (χ2v) is 10.5. The summed E-state index contributed by atoms with van der Waals surface area (Å²) in [6.45, 7) is 5.89. The molecule has 5 heteroatoms. The predicted octanol–water partition coefficient (Wildman–Crippen LogP) is 3.82. The molecule has 0 heterocycles. The molecule has 1 amide bonds. The standard InChI is InChI=1S/C25H33NO4/c1-15-7-16(5-4-6-21(27)28)11-20(8-15)24(2,3)23(29)26-22-18-9-17-10-19(22)14-25(30,12-17)13-18/h4-5,7-8,11,17-19,22,30H,6,9-10,12-14H2,1-3H3,(H,26,29)(H,27,28)/t17?,18-,19+,22?,25?. The summed E-state index contributed by atoms with van der Waals surface area (Å²) in [6.07, 6.45) is 8.21. The number of aliphatic hydroxyl groups is 1. The highest BCUT2D eigenvalue weighted by atomic mass is 16.4. The molecule has 4 fully saturated rings. The molecule has 4 bridgehead atoms. The highest BCUT2D eigenvalue weighted by Crippen LogP contribution is 2.55. The van der Waals surface area contributed by atoms with Crippen LogP contribution in [-0.4, -0.2) is 33.7 Å². The smallest absolute Gasteiger partial charge is 0.307 e. The third-order valence-corrected chi connectivity index (χ3v) is 7.53. The molecule has 162 valence electrons. The van der Waals surface area contributed by atoms with Crippen molar-refractivity contribution < 1.29 is 19.8 Å². The molecule has 0 saturated heterocycles. The molecule has 5 rings (SSSR count). The third kappa shape index (κ3) is 4.04. The van der Waals surface area contributed by atoms with Crippen molar-refractivity contribution in [3.8, 4) is 0 Å². The minimum atomic E-state index is -0.862. The fourth-order valence-electron chi connectivity index (χ4n) is 6.25. The van der Waals surface area contributed by atoms with Crippen LogP contribution in [0, 0.1) is 24.7 Å². The van der Waals surface area contributed by atoms with E-state index in [1.165, 1.54) is 0 Å². The first-order valence-electron chi connectivity index (χ1n) is 11.1. The molecule has 0 radical (unpaired) electrons. The Balaban J connectivity index is 1.51. The van der Waals surface area contributed by atoms with Crippen molar-refractivity contribution in [2.45, 2.75) is 76.4 Å². The topological polar surface area (TPSA) is 86.6 Å². The van der Waals surface area contributed by atoms with Crippen LogP contribution in [0.4, 0.5) is 0 Å². The maximum atomic E-state index is 13.4. The number of nitrogens with one attached hydrogen (secondary N) is 1. The molecule has 3 unspecified atom stereocenters. The van der Waals surface area contributed by atoms with E-state index in [4.69, 9.17) is 5.11 Å². The highest BCUT2D eigenvalue weighted by Gasteiger charge is 2.55. The molecule has 0 aromatic heterocycles. The first-order valence-corrected chi connectivity index (χ1v) is 11.1. The van der Waals surface area contributed by atoms with Crippen LogP contribution in [0.1, 0.15) is 69.1 Å². The Hall–Kier alpha value is -2.14. The van der Waals surface area contributed by atoms with Crippen LogP contribution in [0.25, 0.3) is 6.08 Å². The van der Waals surface area contributed by atoms with Crippen molar-refractivity contribution in [2.24, 2.45) is 17.8 Å². The number of carbonyl (C=O) groups is 2. The van der Waals surface area contributed by atoms with Crippen molar-refractivity contribution in [1.82, 2.24) is 5.32 Å². The summed E-state index contributed by atoms with van der Waals surface area (Å²) in [4.78, 5) is 24.2. The first kappa shape index (κ1) is 21.1. The molecule has 1 aromatic carbocycles. The van der Waals surface area contributed by atoms with E-state index in [0.717, 1.165) is 48.8 Å². The maximum absolute atomic E-state index is 13.4. The molecule has 5 nitrogen and oxygen atoms in total. The molecule has 5 atom stereocenters. The van der Waals surface area contributed by atoms with E-state index in [9.17, 15) is 14.7 Å². The summed E-state index contributed by atoms with van der Waals surface area (Å²) >= 11 is 0. The number of hydrogen-bond acceptors (Lipinski definition) is 3. The number of rotatable bonds is 6. The largest absolute Gasteiger partial charge is 0.481 e. The van der Waals surface area contributed by atoms with Crippen LogP contribution in [0.3, 0.4) is 0 Å². The Morgan fingerprint density at radius 1 is 1.17 bits per heavy atom. The normalized spacial score (nSPS) is 32.5. The Morgan fingerprint density at radius 3 is 2.43 bits per heavy atom. The van der Waals surface area contributed by atoms with Gasteiger partial charge in [-0.15, -0.1) is 0 Å². The fourth-order valence-corrected chi connectivity index (χ4v) is 6.25. The van der Waals surface area contributed by atoms with Gasteiger partial charge in [-0.3, -0.25) is 9.59 Å². The lowest BCUT2D eigenvalue weighted by Gasteiger charge is -2.58. The Bertz CT molecular complexity index is 871. The molecule has 0 aliphatic heterocycles. The van der Waals surface area contributed by atoms with Gasteiger partial charge in [0.25, 0.3) is 0 Å². The summed E-state index contributed by atoms with van der Waals surface area (Å²) in [5.74, 6) is 0.545. The zero-order valence-electron chi connectivity index (χ0n) is 18.1.